The number of nitrogens with zero attached hydrogens (tertiary/aromatic N) is 2. The molecule has 0 radical (unpaired) electrons. The van der Waals surface area contributed by atoms with E-state index in [0.29, 0.717) is 19.7 Å². The van der Waals surface area contributed by atoms with Crippen molar-refractivity contribution in [2.75, 3.05) is 39.9 Å². The predicted molar refractivity (Wildman–Crippen MR) is 156 cm³/mol. The van der Waals surface area contributed by atoms with Gasteiger partial charge in [0.15, 0.2) is 0 Å². The Balaban J connectivity index is 1.31. The fourth-order valence-corrected chi connectivity index (χ4v) is 5.64. The third-order valence-electron chi connectivity index (χ3n) is 7.53. The van der Waals surface area contributed by atoms with Crippen molar-refractivity contribution in [1.82, 2.24) is 15.1 Å². The first-order valence-corrected chi connectivity index (χ1v) is 13.7. The first kappa shape index (κ1) is 26.8. The summed E-state index contributed by atoms with van der Waals surface area (Å²) in [7, 11) is 1.74. The summed E-state index contributed by atoms with van der Waals surface area (Å²) in [4.78, 5) is 18.0. The van der Waals surface area contributed by atoms with E-state index >= 15 is 0 Å². The molecule has 1 aliphatic heterocycles. The highest BCUT2D eigenvalue weighted by Gasteiger charge is 2.35. The number of carbonyl (C=O) groups excluding carboxylic acids is 1. The molecular weight excluding hydrogens is 482 g/mol. The minimum atomic E-state index is -0.0482. The first-order chi connectivity index (χ1) is 19.2. The van der Waals surface area contributed by atoms with E-state index < -0.39 is 0 Å². The van der Waals surface area contributed by atoms with Crippen molar-refractivity contribution in [3.05, 3.63) is 144 Å². The van der Waals surface area contributed by atoms with Gasteiger partial charge >= 0.3 is 0 Å². The molecule has 1 atom stereocenters. The Hall–Kier alpha value is -3.77. The zero-order valence-corrected chi connectivity index (χ0v) is 22.5. The van der Waals surface area contributed by atoms with Gasteiger partial charge in [-0.2, -0.15) is 0 Å². The number of methoxy groups -OCH3 is 1. The Labute approximate surface area is 232 Å². The Morgan fingerprint density at radius 1 is 0.744 bits per heavy atom. The van der Waals surface area contributed by atoms with Gasteiger partial charge in [0.1, 0.15) is 0 Å². The normalized spacial score (nSPS) is 16.1. The minimum Gasteiger partial charge on any atom is -0.383 e. The molecule has 1 saturated heterocycles. The van der Waals surface area contributed by atoms with Gasteiger partial charge in [-0.15, -0.1) is 0 Å². The topological polar surface area (TPSA) is 44.8 Å². The van der Waals surface area contributed by atoms with Gasteiger partial charge in [0.2, 0.25) is 5.91 Å². The van der Waals surface area contributed by atoms with Gasteiger partial charge < -0.3 is 9.64 Å². The van der Waals surface area contributed by atoms with Crippen LogP contribution < -0.4 is 5.32 Å². The molecule has 5 nitrogen and oxygen atoms in total. The van der Waals surface area contributed by atoms with Crippen LogP contribution in [0, 0.1) is 0 Å². The lowest BCUT2D eigenvalue weighted by atomic mass is 9.94. The zero-order valence-electron chi connectivity index (χ0n) is 22.5. The van der Waals surface area contributed by atoms with E-state index in [0.717, 1.165) is 17.7 Å². The van der Waals surface area contributed by atoms with Crippen LogP contribution in [0.25, 0.3) is 0 Å². The molecular formula is C34H37N3O2. The van der Waals surface area contributed by atoms with Crippen molar-refractivity contribution in [1.29, 1.82) is 0 Å². The Kier molecular flexibility index (Phi) is 9.17. The molecule has 4 aromatic carbocycles. The molecule has 1 N–H and O–H groups in total. The number of hydrogen-bond acceptors (Lipinski definition) is 4. The van der Waals surface area contributed by atoms with Gasteiger partial charge in [-0.3, -0.25) is 15.0 Å². The summed E-state index contributed by atoms with van der Waals surface area (Å²) in [6, 6.07) is 42.0. The quantitative estimate of drug-likeness (QED) is 0.308. The molecule has 1 unspecified atom stereocenters. The number of ether oxygens (including phenoxy) is 1. The molecule has 1 amide bonds. The highest BCUT2D eigenvalue weighted by atomic mass is 16.5. The highest BCUT2D eigenvalue weighted by Crippen LogP contribution is 2.32. The fraction of sp³-hybridized carbons (Fsp3) is 0.265. The summed E-state index contributed by atoms with van der Waals surface area (Å²) in [6.45, 7) is 2.91. The fourth-order valence-electron chi connectivity index (χ4n) is 5.64. The first-order valence-electron chi connectivity index (χ1n) is 13.7. The molecule has 0 bridgehead atoms. The van der Waals surface area contributed by atoms with Crippen LogP contribution in [0.1, 0.15) is 34.3 Å². The van der Waals surface area contributed by atoms with Crippen molar-refractivity contribution in [2.45, 2.75) is 18.1 Å². The van der Waals surface area contributed by atoms with Crippen molar-refractivity contribution in [3.63, 3.8) is 0 Å². The monoisotopic (exact) mass is 519 g/mol. The second kappa shape index (κ2) is 13.3. The van der Waals surface area contributed by atoms with Crippen molar-refractivity contribution < 1.29 is 9.53 Å². The van der Waals surface area contributed by atoms with E-state index in [4.69, 9.17) is 4.74 Å². The molecule has 5 rings (SSSR count). The summed E-state index contributed by atoms with van der Waals surface area (Å²) in [5.74, 6) is 0.114. The highest BCUT2D eigenvalue weighted by molar-refractivity contribution is 5.78. The van der Waals surface area contributed by atoms with Gasteiger partial charge in [0.25, 0.3) is 0 Å². The average Bonchev–Trinajstić information content (AvgIpc) is 3.00. The summed E-state index contributed by atoms with van der Waals surface area (Å²) in [5, 5.41) is 3.55. The van der Waals surface area contributed by atoms with Crippen molar-refractivity contribution in [2.24, 2.45) is 0 Å². The number of hydrogen-bond donors (Lipinski definition) is 1. The van der Waals surface area contributed by atoms with Crippen LogP contribution >= 0.6 is 0 Å². The largest absolute Gasteiger partial charge is 0.383 e. The molecule has 0 aromatic heterocycles. The van der Waals surface area contributed by atoms with Crippen LogP contribution in [0.3, 0.4) is 0 Å². The standard InChI is InChI=1S/C34H37N3O2/c1-39-26-31-25-36(22-23-37(31)34(29-18-10-4-11-19-29)30-20-12-5-13-21-30)32(38)24-35-33(27-14-6-2-7-15-27)28-16-8-3-9-17-28/h2-21,31,33-35H,22-26H2,1H3. The average molecular weight is 520 g/mol. The van der Waals surface area contributed by atoms with Crippen LogP contribution in [-0.2, 0) is 9.53 Å². The third-order valence-corrected chi connectivity index (χ3v) is 7.53. The molecule has 4 aromatic rings. The molecule has 1 fully saturated rings. The molecule has 1 aliphatic rings. The molecule has 0 spiro atoms. The van der Waals surface area contributed by atoms with Crippen LogP contribution in [0.15, 0.2) is 121 Å². The van der Waals surface area contributed by atoms with Gasteiger partial charge in [-0.1, -0.05) is 121 Å². The number of carbonyl (C=O) groups is 1. The van der Waals surface area contributed by atoms with Gasteiger partial charge in [-0.05, 0) is 22.3 Å². The molecule has 1 heterocycles. The molecule has 39 heavy (non-hydrogen) atoms. The van der Waals surface area contributed by atoms with E-state index in [2.05, 4.69) is 95.1 Å². The van der Waals surface area contributed by atoms with Crippen molar-refractivity contribution >= 4 is 5.91 Å². The maximum atomic E-state index is 13.5. The summed E-state index contributed by atoms with van der Waals surface area (Å²) < 4.78 is 5.68. The van der Waals surface area contributed by atoms with E-state index in [1.807, 2.05) is 41.3 Å². The summed E-state index contributed by atoms with van der Waals surface area (Å²) >= 11 is 0. The number of amides is 1. The second-order valence-corrected chi connectivity index (χ2v) is 10.0. The van der Waals surface area contributed by atoms with Gasteiger partial charge in [0, 0.05) is 26.7 Å². The maximum Gasteiger partial charge on any atom is 0.236 e. The number of nitrogens with one attached hydrogen (secondary N) is 1. The Bertz CT molecular complexity index is 1210. The number of rotatable bonds is 10. The van der Waals surface area contributed by atoms with Crippen LogP contribution in [0.4, 0.5) is 0 Å². The maximum absolute atomic E-state index is 13.5. The van der Waals surface area contributed by atoms with Crippen LogP contribution in [0.5, 0.6) is 0 Å². The number of piperazine rings is 1. The predicted octanol–water partition coefficient (Wildman–Crippen LogP) is 5.31. The third kappa shape index (κ3) is 6.63. The van der Waals surface area contributed by atoms with Gasteiger partial charge in [-0.25, -0.2) is 0 Å². The van der Waals surface area contributed by atoms with Gasteiger partial charge in [0.05, 0.1) is 31.3 Å². The zero-order chi connectivity index (χ0) is 26.9. The molecule has 0 aliphatic carbocycles. The summed E-state index contributed by atoms with van der Waals surface area (Å²) in [5.41, 5.74) is 4.79. The molecule has 5 heteroatoms. The van der Waals surface area contributed by atoms with Crippen molar-refractivity contribution in [3.8, 4) is 0 Å². The van der Waals surface area contributed by atoms with E-state index in [1.54, 1.807) is 7.11 Å². The van der Waals surface area contributed by atoms with E-state index in [1.165, 1.54) is 11.1 Å². The van der Waals surface area contributed by atoms with Crippen LogP contribution in [-0.4, -0.2) is 61.6 Å². The number of benzene rings is 4. The Morgan fingerprint density at radius 2 is 1.21 bits per heavy atom. The lowest BCUT2D eigenvalue weighted by Crippen LogP contribution is -2.58. The second-order valence-electron chi connectivity index (χ2n) is 10.0. The lowest BCUT2D eigenvalue weighted by Gasteiger charge is -2.45. The SMILES string of the molecule is COCC1CN(C(=O)CNC(c2ccccc2)c2ccccc2)CCN1C(c1ccccc1)c1ccccc1. The van der Waals surface area contributed by atoms with E-state index in [9.17, 15) is 4.79 Å². The molecule has 0 saturated carbocycles. The van der Waals surface area contributed by atoms with Crippen LogP contribution in [0.2, 0.25) is 0 Å². The lowest BCUT2D eigenvalue weighted by molar-refractivity contribution is -0.134. The smallest absolute Gasteiger partial charge is 0.236 e. The Morgan fingerprint density at radius 3 is 1.67 bits per heavy atom. The molecule has 200 valence electrons. The summed E-state index contributed by atoms with van der Waals surface area (Å²) in [6.07, 6.45) is 0. The van der Waals surface area contributed by atoms with E-state index in [-0.39, 0.29) is 30.6 Å². The minimum absolute atomic E-state index is 0.0482.